The Balaban J connectivity index is 1.82. The van der Waals surface area contributed by atoms with Gasteiger partial charge in [-0.25, -0.2) is 15.0 Å². The van der Waals surface area contributed by atoms with Crippen LogP contribution in [0.5, 0.6) is 0 Å². The summed E-state index contributed by atoms with van der Waals surface area (Å²) in [5.74, 6) is 2.20. The summed E-state index contributed by atoms with van der Waals surface area (Å²) in [4.78, 5) is 12.8. The molecular weight excluding hydrogens is 284 g/mol. The first kappa shape index (κ1) is 13.3. The zero-order valence-corrected chi connectivity index (χ0v) is 13.1. The van der Waals surface area contributed by atoms with Crippen LogP contribution in [-0.2, 0) is 0 Å². The Hall–Kier alpha value is -1.42. The van der Waals surface area contributed by atoms with E-state index in [0.29, 0.717) is 28.5 Å². The molecule has 5 heteroatoms. The molecule has 0 spiro atoms. The number of halogens is 1. The second kappa shape index (κ2) is 4.80. The van der Waals surface area contributed by atoms with Crippen molar-refractivity contribution in [2.24, 2.45) is 17.8 Å². The molecule has 4 atom stereocenters. The minimum atomic E-state index is 0.378. The summed E-state index contributed by atoms with van der Waals surface area (Å²) in [6.45, 7) is 4.77. The van der Waals surface area contributed by atoms with Crippen LogP contribution in [0.1, 0.15) is 39.2 Å². The van der Waals surface area contributed by atoms with Gasteiger partial charge in [0.25, 0.3) is 0 Å². The van der Waals surface area contributed by atoms with Gasteiger partial charge in [-0.15, -0.1) is 0 Å². The van der Waals surface area contributed by atoms with Gasteiger partial charge in [0.1, 0.15) is 11.8 Å². The summed E-state index contributed by atoms with van der Waals surface area (Å²) in [5.41, 5.74) is 3.14. The highest BCUT2D eigenvalue weighted by molar-refractivity contribution is 6.33. The van der Waals surface area contributed by atoms with Crippen molar-refractivity contribution in [3.63, 3.8) is 0 Å². The Labute approximate surface area is 129 Å². The molecule has 0 aliphatic heterocycles. The third-order valence-electron chi connectivity index (χ3n) is 5.24. The van der Waals surface area contributed by atoms with Crippen LogP contribution in [-0.4, -0.2) is 19.5 Å². The maximum atomic E-state index is 6.12. The molecular formula is C16H19ClN4. The fraction of sp³-hybridized carbons (Fsp3) is 0.562. The molecule has 0 aromatic carbocycles. The lowest BCUT2D eigenvalue weighted by Crippen LogP contribution is -2.20. The van der Waals surface area contributed by atoms with Crippen LogP contribution in [0.2, 0.25) is 5.15 Å². The Morgan fingerprint density at radius 1 is 1.19 bits per heavy atom. The maximum Gasteiger partial charge on any atom is 0.165 e. The van der Waals surface area contributed by atoms with Crippen LogP contribution in [0.25, 0.3) is 11.2 Å². The highest BCUT2D eigenvalue weighted by Gasteiger charge is 2.41. The number of hydrogen-bond donors (Lipinski definition) is 0. The number of allylic oxidation sites excluding steroid dienone is 2. The lowest BCUT2D eigenvalue weighted by atomic mass is 9.77. The first-order chi connectivity index (χ1) is 10.2. The molecule has 1 fully saturated rings. The second-order valence-electron chi connectivity index (χ2n) is 6.50. The van der Waals surface area contributed by atoms with E-state index in [1.54, 1.807) is 5.57 Å². The molecule has 0 radical (unpaired) electrons. The molecule has 2 aliphatic carbocycles. The average molecular weight is 303 g/mol. The van der Waals surface area contributed by atoms with Gasteiger partial charge in [0.2, 0.25) is 0 Å². The molecule has 2 heterocycles. The summed E-state index contributed by atoms with van der Waals surface area (Å²) in [5, 5.41) is 0.437. The average Bonchev–Trinajstić information content (AvgIpc) is 3.02. The number of fused-ring (bicyclic) bond motifs is 2. The molecule has 0 unspecified atom stereocenters. The molecule has 4 rings (SSSR count). The third-order valence-corrected chi connectivity index (χ3v) is 5.52. The number of rotatable bonds is 1. The van der Waals surface area contributed by atoms with E-state index in [4.69, 9.17) is 11.6 Å². The van der Waals surface area contributed by atoms with E-state index in [1.165, 1.54) is 19.2 Å². The summed E-state index contributed by atoms with van der Waals surface area (Å²) in [7, 11) is 0. The second-order valence-corrected chi connectivity index (χ2v) is 6.86. The largest absolute Gasteiger partial charge is 0.308 e. The monoisotopic (exact) mass is 302 g/mol. The Morgan fingerprint density at radius 2 is 2.05 bits per heavy atom. The van der Waals surface area contributed by atoms with Crippen LogP contribution >= 0.6 is 11.6 Å². The minimum Gasteiger partial charge on any atom is -0.308 e. The minimum absolute atomic E-state index is 0.378. The van der Waals surface area contributed by atoms with Gasteiger partial charge in [-0.2, -0.15) is 0 Å². The first-order valence-corrected chi connectivity index (χ1v) is 8.07. The molecule has 0 amide bonds. The Morgan fingerprint density at radius 3 is 2.90 bits per heavy atom. The van der Waals surface area contributed by atoms with Gasteiger partial charge in [0.15, 0.2) is 10.8 Å². The zero-order valence-electron chi connectivity index (χ0n) is 12.3. The zero-order chi connectivity index (χ0) is 14.6. The maximum absolute atomic E-state index is 6.12. The van der Waals surface area contributed by atoms with Crippen molar-refractivity contribution in [2.45, 2.75) is 39.2 Å². The van der Waals surface area contributed by atoms with Crippen LogP contribution in [0.3, 0.4) is 0 Å². The number of hydrogen-bond acceptors (Lipinski definition) is 3. The van der Waals surface area contributed by atoms with Crippen molar-refractivity contribution in [2.75, 3.05) is 0 Å². The van der Waals surface area contributed by atoms with E-state index >= 15 is 0 Å². The molecule has 21 heavy (non-hydrogen) atoms. The van der Waals surface area contributed by atoms with E-state index < -0.39 is 0 Å². The van der Waals surface area contributed by atoms with Crippen LogP contribution in [0.4, 0.5) is 0 Å². The SMILES string of the molecule is C[C@@H]1CCC=C2[C@H]1[C@@H](C)C[C@@H]2n1cnc2c(Cl)ncnc21. The van der Waals surface area contributed by atoms with Gasteiger partial charge in [-0.05, 0) is 42.6 Å². The number of imidazole rings is 1. The molecule has 0 N–H and O–H groups in total. The topological polar surface area (TPSA) is 43.6 Å². The quantitative estimate of drug-likeness (QED) is 0.590. The third kappa shape index (κ3) is 1.92. The summed E-state index contributed by atoms with van der Waals surface area (Å²) in [6, 6.07) is 0.378. The van der Waals surface area contributed by atoms with Gasteiger partial charge >= 0.3 is 0 Å². The fourth-order valence-electron chi connectivity index (χ4n) is 4.37. The van der Waals surface area contributed by atoms with E-state index in [1.807, 2.05) is 6.33 Å². The molecule has 0 saturated heterocycles. The van der Waals surface area contributed by atoms with E-state index in [9.17, 15) is 0 Å². The van der Waals surface area contributed by atoms with Crippen molar-refractivity contribution in [1.82, 2.24) is 19.5 Å². The van der Waals surface area contributed by atoms with E-state index in [0.717, 1.165) is 18.0 Å². The molecule has 1 saturated carbocycles. The molecule has 2 aromatic heterocycles. The Kier molecular flexibility index (Phi) is 3.03. The standard InChI is InChI=1S/C16H19ClN4/c1-9-4-3-5-11-12(6-10(2)13(9)11)21-8-20-14-15(17)18-7-19-16(14)21/h5,7-10,12-13H,3-4,6H2,1-2H3/t9-,10+,12+,13-/m1/s1. The smallest absolute Gasteiger partial charge is 0.165 e. The lowest BCUT2D eigenvalue weighted by Gasteiger charge is -2.29. The normalized spacial score (nSPS) is 32.2. The Bertz CT molecular complexity index is 720. The van der Waals surface area contributed by atoms with Gasteiger partial charge in [-0.3, -0.25) is 0 Å². The first-order valence-electron chi connectivity index (χ1n) is 7.69. The highest BCUT2D eigenvalue weighted by atomic mass is 35.5. The molecule has 4 nitrogen and oxygen atoms in total. The summed E-state index contributed by atoms with van der Waals surface area (Å²) < 4.78 is 2.20. The molecule has 110 valence electrons. The van der Waals surface area contributed by atoms with E-state index in [-0.39, 0.29) is 0 Å². The van der Waals surface area contributed by atoms with Gasteiger partial charge < -0.3 is 4.57 Å². The predicted molar refractivity (Wildman–Crippen MR) is 83.1 cm³/mol. The van der Waals surface area contributed by atoms with Crippen molar-refractivity contribution in [3.8, 4) is 0 Å². The van der Waals surface area contributed by atoms with E-state index in [2.05, 4.69) is 39.4 Å². The van der Waals surface area contributed by atoms with Gasteiger partial charge in [-0.1, -0.05) is 31.5 Å². The van der Waals surface area contributed by atoms with Crippen LogP contribution in [0, 0.1) is 17.8 Å². The summed E-state index contributed by atoms with van der Waals surface area (Å²) >= 11 is 6.12. The van der Waals surface area contributed by atoms with Gasteiger partial charge in [0, 0.05) is 0 Å². The van der Waals surface area contributed by atoms with Crippen molar-refractivity contribution in [3.05, 3.63) is 29.5 Å². The predicted octanol–water partition coefficient (Wildman–Crippen LogP) is 4.03. The lowest BCUT2D eigenvalue weighted by molar-refractivity contribution is 0.306. The molecule has 2 aromatic rings. The van der Waals surface area contributed by atoms with Gasteiger partial charge in [0.05, 0.1) is 12.4 Å². The van der Waals surface area contributed by atoms with Crippen molar-refractivity contribution < 1.29 is 0 Å². The highest BCUT2D eigenvalue weighted by Crippen LogP contribution is 2.51. The molecule has 0 bridgehead atoms. The number of aromatic nitrogens is 4. The van der Waals surface area contributed by atoms with Crippen LogP contribution < -0.4 is 0 Å². The summed E-state index contributed by atoms with van der Waals surface area (Å²) in [6.07, 6.45) is 9.52. The number of nitrogens with zero attached hydrogens (tertiary/aromatic N) is 4. The van der Waals surface area contributed by atoms with Crippen LogP contribution in [0.15, 0.2) is 24.3 Å². The van der Waals surface area contributed by atoms with Crippen molar-refractivity contribution in [1.29, 1.82) is 0 Å². The van der Waals surface area contributed by atoms with Crippen molar-refractivity contribution >= 4 is 22.8 Å². The fourth-order valence-corrected chi connectivity index (χ4v) is 4.54. The molecule has 2 aliphatic rings.